The zero-order valence-corrected chi connectivity index (χ0v) is 10.7. The normalized spacial score (nSPS) is 12.0. The Morgan fingerprint density at radius 1 is 0.800 bits per heavy atom. The average Bonchev–Trinajstić information content (AvgIpc) is 3.12. The van der Waals surface area contributed by atoms with Crippen LogP contribution in [0.1, 0.15) is 0 Å². The number of nitrogens with one attached hydrogen (secondary N) is 1. The molecule has 2 aromatic carbocycles. The highest BCUT2D eigenvalue weighted by Gasteiger charge is 2.13. The number of nitrogens with zero attached hydrogens (tertiary/aromatic N) is 2. The number of para-hydroxylation sites is 3. The van der Waals surface area contributed by atoms with Gasteiger partial charge in [-0.15, -0.1) is 0 Å². The minimum Gasteiger partial charge on any atom is -0.361 e. The van der Waals surface area contributed by atoms with Crippen molar-refractivity contribution in [2.45, 2.75) is 0 Å². The van der Waals surface area contributed by atoms with E-state index >= 15 is 0 Å². The van der Waals surface area contributed by atoms with Crippen LogP contribution in [0.5, 0.6) is 0 Å². The van der Waals surface area contributed by atoms with E-state index < -0.39 is 0 Å². The molecule has 0 aliphatic carbocycles. The van der Waals surface area contributed by atoms with Crippen LogP contribution < -0.4 is 0 Å². The number of fused-ring (bicyclic) bond motifs is 8. The Morgan fingerprint density at radius 3 is 2.55 bits per heavy atom. The predicted octanol–water partition coefficient (Wildman–Crippen LogP) is 4.12. The van der Waals surface area contributed by atoms with Crippen molar-refractivity contribution in [3.8, 4) is 0 Å². The second-order valence-electron chi connectivity index (χ2n) is 5.04. The van der Waals surface area contributed by atoms with Gasteiger partial charge in [-0.1, -0.05) is 30.3 Å². The van der Waals surface area contributed by atoms with Crippen LogP contribution in [-0.4, -0.2) is 14.4 Å². The van der Waals surface area contributed by atoms with Crippen LogP contribution in [0, 0.1) is 0 Å². The van der Waals surface area contributed by atoms with Crippen LogP contribution in [0.25, 0.3) is 38.5 Å². The van der Waals surface area contributed by atoms with Gasteiger partial charge in [-0.3, -0.25) is 4.40 Å². The van der Waals surface area contributed by atoms with Crippen LogP contribution in [0.4, 0.5) is 0 Å². The minimum absolute atomic E-state index is 1.01. The summed E-state index contributed by atoms with van der Waals surface area (Å²) in [7, 11) is 0. The van der Waals surface area contributed by atoms with Gasteiger partial charge in [0.25, 0.3) is 0 Å². The molecule has 0 unspecified atom stereocenters. The Labute approximate surface area is 114 Å². The molecule has 3 aromatic heterocycles. The molecular formula is C17H11N3. The molecule has 1 N–H and O–H groups in total. The van der Waals surface area contributed by atoms with Gasteiger partial charge in [0.15, 0.2) is 0 Å². The fourth-order valence-electron chi connectivity index (χ4n) is 3.11. The number of rotatable bonds is 0. The number of aromatic nitrogens is 3. The zero-order chi connectivity index (χ0) is 13.1. The van der Waals surface area contributed by atoms with Gasteiger partial charge in [-0.25, -0.2) is 4.98 Å². The van der Waals surface area contributed by atoms with Crippen molar-refractivity contribution in [2.75, 3.05) is 0 Å². The first-order valence-electron chi connectivity index (χ1n) is 6.68. The summed E-state index contributed by atoms with van der Waals surface area (Å²) in [5.41, 5.74) is 5.55. The topological polar surface area (TPSA) is 33.1 Å². The molecule has 20 heavy (non-hydrogen) atoms. The molecule has 0 bridgehead atoms. The van der Waals surface area contributed by atoms with Gasteiger partial charge in [0.05, 0.1) is 22.1 Å². The van der Waals surface area contributed by atoms with Crippen LogP contribution in [0.3, 0.4) is 0 Å². The van der Waals surface area contributed by atoms with Gasteiger partial charge in [-0.2, -0.15) is 0 Å². The number of aromatic amines is 1. The number of H-pyrrole nitrogens is 1. The van der Waals surface area contributed by atoms with Crippen LogP contribution >= 0.6 is 0 Å². The molecule has 3 heterocycles. The Balaban J connectivity index is 2.27. The van der Waals surface area contributed by atoms with Crippen LogP contribution in [-0.2, 0) is 0 Å². The summed E-state index contributed by atoms with van der Waals surface area (Å²) in [6.45, 7) is 0. The predicted molar refractivity (Wildman–Crippen MR) is 82.1 cm³/mol. The van der Waals surface area contributed by atoms with E-state index in [-0.39, 0.29) is 0 Å². The van der Waals surface area contributed by atoms with E-state index in [1.165, 1.54) is 16.3 Å². The van der Waals surface area contributed by atoms with Crippen LogP contribution in [0.15, 0.2) is 60.8 Å². The Morgan fingerprint density at radius 2 is 1.60 bits per heavy atom. The fraction of sp³-hybridized carbons (Fsp3) is 0. The third kappa shape index (κ3) is 1.08. The molecule has 0 saturated heterocycles. The molecule has 94 valence electrons. The maximum Gasteiger partial charge on any atom is 0.147 e. The molecule has 0 spiro atoms. The maximum absolute atomic E-state index is 4.81. The largest absolute Gasteiger partial charge is 0.361 e. The van der Waals surface area contributed by atoms with Gasteiger partial charge in [-0.05, 0) is 24.3 Å². The number of hydrogen-bond acceptors (Lipinski definition) is 1. The minimum atomic E-state index is 1.01. The number of hydrogen-bond donors (Lipinski definition) is 1. The summed E-state index contributed by atoms with van der Waals surface area (Å²) in [4.78, 5) is 8.15. The van der Waals surface area contributed by atoms with Crippen molar-refractivity contribution in [1.29, 1.82) is 0 Å². The zero-order valence-electron chi connectivity index (χ0n) is 10.7. The maximum atomic E-state index is 4.81. The van der Waals surface area contributed by atoms with E-state index in [4.69, 9.17) is 4.98 Å². The van der Waals surface area contributed by atoms with E-state index in [0.29, 0.717) is 0 Å². The van der Waals surface area contributed by atoms with E-state index in [2.05, 4.69) is 57.9 Å². The molecule has 0 aliphatic heterocycles. The lowest BCUT2D eigenvalue weighted by atomic mass is 10.1. The number of imidazole rings is 1. The molecule has 0 aliphatic rings. The van der Waals surface area contributed by atoms with E-state index in [1.54, 1.807) is 0 Å². The standard InChI is InChI=1S/C17H11N3/c1-3-7-14-11(5-1)16-12(9-10-18-16)17-19-13-6-2-4-8-15(13)20(14)17/h1-10,18H. The first-order valence-corrected chi connectivity index (χ1v) is 6.68. The third-order valence-corrected chi connectivity index (χ3v) is 3.96. The molecule has 0 radical (unpaired) electrons. The molecule has 0 atom stereocenters. The highest BCUT2D eigenvalue weighted by molar-refractivity contribution is 6.12. The highest BCUT2D eigenvalue weighted by atomic mass is 15.0. The molecular weight excluding hydrogens is 246 g/mol. The molecule has 3 nitrogen and oxygen atoms in total. The second kappa shape index (κ2) is 3.39. The van der Waals surface area contributed by atoms with Crippen LogP contribution in [0.2, 0.25) is 0 Å². The highest BCUT2D eigenvalue weighted by Crippen LogP contribution is 2.31. The summed E-state index contributed by atoms with van der Waals surface area (Å²) in [6.07, 6.45) is 1.98. The number of pyridine rings is 1. The summed E-state index contributed by atoms with van der Waals surface area (Å²) >= 11 is 0. The number of benzene rings is 2. The molecule has 3 heteroatoms. The van der Waals surface area contributed by atoms with Gasteiger partial charge in [0.2, 0.25) is 0 Å². The van der Waals surface area contributed by atoms with Gasteiger partial charge >= 0.3 is 0 Å². The van der Waals surface area contributed by atoms with Crippen molar-refractivity contribution in [1.82, 2.24) is 14.4 Å². The van der Waals surface area contributed by atoms with Gasteiger partial charge in [0, 0.05) is 17.0 Å². The monoisotopic (exact) mass is 257 g/mol. The van der Waals surface area contributed by atoms with Gasteiger partial charge in [0.1, 0.15) is 5.65 Å². The third-order valence-electron chi connectivity index (χ3n) is 3.96. The van der Waals surface area contributed by atoms with Crippen molar-refractivity contribution < 1.29 is 0 Å². The Hall–Kier alpha value is -2.81. The molecule has 0 amide bonds. The fourth-order valence-corrected chi connectivity index (χ4v) is 3.11. The molecule has 5 aromatic rings. The summed E-state index contributed by atoms with van der Waals surface area (Å²) < 4.78 is 2.25. The first kappa shape index (κ1) is 10.0. The average molecular weight is 257 g/mol. The SMILES string of the molecule is c1ccc2c(c1)nc1c3cc[nH]c3c3ccccc3n21. The van der Waals surface area contributed by atoms with E-state index in [0.717, 1.165) is 22.2 Å². The lowest BCUT2D eigenvalue weighted by Crippen LogP contribution is -1.89. The van der Waals surface area contributed by atoms with Crippen molar-refractivity contribution in [3.63, 3.8) is 0 Å². The lowest BCUT2D eigenvalue weighted by Gasteiger charge is -2.05. The Kier molecular flexibility index (Phi) is 1.70. The summed E-state index contributed by atoms with van der Waals surface area (Å²) in [5, 5.41) is 2.39. The molecule has 0 fully saturated rings. The summed E-state index contributed by atoms with van der Waals surface area (Å²) in [6, 6.07) is 18.8. The van der Waals surface area contributed by atoms with E-state index in [9.17, 15) is 0 Å². The second-order valence-corrected chi connectivity index (χ2v) is 5.04. The van der Waals surface area contributed by atoms with Gasteiger partial charge < -0.3 is 4.98 Å². The molecule has 0 saturated carbocycles. The van der Waals surface area contributed by atoms with Crippen molar-refractivity contribution in [2.24, 2.45) is 0 Å². The smallest absolute Gasteiger partial charge is 0.147 e. The van der Waals surface area contributed by atoms with Crippen molar-refractivity contribution in [3.05, 3.63) is 60.8 Å². The molecule has 5 rings (SSSR count). The first-order chi connectivity index (χ1) is 9.93. The van der Waals surface area contributed by atoms with E-state index in [1.807, 2.05) is 12.3 Å². The van der Waals surface area contributed by atoms with Crippen molar-refractivity contribution >= 4 is 38.5 Å². The Bertz CT molecular complexity index is 1090. The lowest BCUT2D eigenvalue weighted by molar-refractivity contribution is 1.31. The quantitative estimate of drug-likeness (QED) is 0.444. The summed E-state index contributed by atoms with van der Waals surface area (Å²) in [5.74, 6) is 0.